The van der Waals surface area contributed by atoms with Crippen LogP contribution in [0.4, 0.5) is 0 Å². The van der Waals surface area contributed by atoms with Crippen LogP contribution in [0.3, 0.4) is 0 Å². The first-order chi connectivity index (χ1) is 5.65. The van der Waals surface area contributed by atoms with Crippen molar-refractivity contribution >= 4 is 11.6 Å². The van der Waals surface area contributed by atoms with Crippen molar-refractivity contribution in [3.05, 3.63) is 16.5 Å². The van der Waals surface area contributed by atoms with E-state index in [1.807, 2.05) is 13.8 Å². The molecule has 1 aromatic rings. The summed E-state index contributed by atoms with van der Waals surface area (Å²) in [6.45, 7) is 6.12. The summed E-state index contributed by atoms with van der Waals surface area (Å²) in [4.78, 5) is 8.10. The predicted molar refractivity (Wildman–Crippen MR) is 47.7 cm³/mol. The van der Waals surface area contributed by atoms with E-state index in [1.165, 1.54) is 0 Å². The molecule has 66 valence electrons. The Morgan fingerprint density at radius 2 is 2.00 bits per heavy atom. The van der Waals surface area contributed by atoms with E-state index >= 15 is 0 Å². The van der Waals surface area contributed by atoms with Crippen LogP contribution >= 0.6 is 11.6 Å². The van der Waals surface area contributed by atoms with Crippen LogP contribution in [0.25, 0.3) is 0 Å². The van der Waals surface area contributed by atoms with Crippen LogP contribution in [0.5, 0.6) is 5.88 Å². The van der Waals surface area contributed by atoms with Crippen LogP contribution in [0.15, 0.2) is 0 Å². The molecule has 0 saturated carbocycles. The molecule has 0 aliphatic heterocycles. The Bertz CT molecular complexity index is 289. The van der Waals surface area contributed by atoms with Crippen molar-refractivity contribution < 1.29 is 4.74 Å². The third-order valence-corrected chi connectivity index (χ3v) is 1.80. The third-order valence-electron chi connectivity index (χ3n) is 1.43. The van der Waals surface area contributed by atoms with Crippen molar-refractivity contribution in [3.8, 4) is 5.88 Å². The maximum atomic E-state index is 5.82. The molecular formula is C8H11ClN2O. The minimum absolute atomic E-state index is 0.464. The van der Waals surface area contributed by atoms with E-state index in [1.54, 1.807) is 6.92 Å². The number of ether oxygens (including phenoxy) is 1. The molecule has 0 aliphatic rings. The fraction of sp³-hybridized carbons (Fsp3) is 0.500. The topological polar surface area (TPSA) is 35.0 Å². The lowest BCUT2D eigenvalue weighted by atomic mass is 10.3. The first-order valence-corrected chi connectivity index (χ1v) is 4.16. The van der Waals surface area contributed by atoms with Crippen LogP contribution in [-0.4, -0.2) is 16.6 Å². The highest BCUT2D eigenvalue weighted by Crippen LogP contribution is 2.21. The van der Waals surface area contributed by atoms with Crippen molar-refractivity contribution in [2.75, 3.05) is 6.61 Å². The highest BCUT2D eigenvalue weighted by atomic mass is 35.5. The Labute approximate surface area is 76.7 Å². The molecule has 1 heterocycles. The quantitative estimate of drug-likeness (QED) is 0.664. The van der Waals surface area contributed by atoms with Crippen LogP contribution in [0, 0.1) is 13.8 Å². The highest BCUT2D eigenvalue weighted by Gasteiger charge is 2.06. The molecule has 1 rings (SSSR count). The summed E-state index contributed by atoms with van der Waals surface area (Å²) < 4.78 is 5.26. The Morgan fingerprint density at radius 1 is 1.33 bits per heavy atom. The molecular weight excluding hydrogens is 176 g/mol. The number of hydrogen-bond acceptors (Lipinski definition) is 3. The van der Waals surface area contributed by atoms with Crippen molar-refractivity contribution in [1.29, 1.82) is 0 Å². The zero-order valence-corrected chi connectivity index (χ0v) is 8.14. The molecule has 0 unspecified atom stereocenters. The number of rotatable bonds is 2. The molecule has 1 aromatic heterocycles. The molecule has 12 heavy (non-hydrogen) atoms. The molecule has 0 saturated heterocycles. The fourth-order valence-electron chi connectivity index (χ4n) is 0.847. The monoisotopic (exact) mass is 186 g/mol. The minimum atomic E-state index is 0.464. The van der Waals surface area contributed by atoms with Gasteiger partial charge in [0.2, 0.25) is 5.88 Å². The zero-order chi connectivity index (χ0) is 9.14. The Hall–Kier alpha value is -0.830. The van der Waals surface area contributed by atoms with E-state index in [-0.39, 0.29) is 0 Å². The molecule has 0 aliphatic carbocycles. The minimum Gasteiger partial charge on any atom is -0.478 e. The number of aryl methyl sites for hydroxylation is 1. The van der Waals surface area contributed by atoms with E-state index in [0.29, 0.717) is 23.5 Å². The molecule has 0 amide bonds. The van der Waals surface area contributed by atoms with Gasteiger partial charge in [0.25, 0.3) is 0 Å². The average molecular weight is 187 g/mol. The summed E-state index contributed by atoms with van der Waals surface area (Å²) >= 11 is 5.82. The lowest BCUT2D eigenvalue weighted by Crippen LogP contribution is -2.00. The lowest BCUT2D eigenvalue weighted by Gasteiger charge is -2.06. The second-order valence-corrected chi connectivity index (χ2v) is 2.78. The van der Waals surface area contributed by atoms with Gasteiger partial charge in [0.05, 0.1) is 6.61 Å². The standard InChI is InChI=1S/C8H11ClN2O/c1-4-12-8-5(2)7(9)10-6(3)11-8/h4H2,1-3H3. The normalized spacial score (nSPS) is 10.0. The van der Waals surface area contributed by atoms with Gasteiger partial charge in [-0.1, -0.05) is 11.6 Å². The van der Waals surface area contributed by atoms with E-state index in [0.717, 1.165) is 5.56 Å². The first-order valence-electron chi connectivity index (χ1n) is 3.78. The molecule has 0 fully saturated rings. The summed E-state index contributed by atoms with van der Waals surface area (Å²) in [5.41, 5.74) is 0.795. The van der Waals surface area contributed by atoms with E-state index in [2.05, 4.69) is 9.97 Å². The Kier molecular flexibility index (Phi) is 2.87. The van der Waals surface area contributed by atoms with Gasteiger partial charge in [-0.3, -0.25) is 0 Å². The number of halogens is 1. The second kappa shape index (κ2) is 3.72. The molecule has 0 spiro atoms. The Morgan fingerprint density at radius 3 is 2.58 bits per heavy atom. The molecule has 0 aromatic carbocycles. The predicted octanol–water partition coefficient (Wildman–Crippen LogP) is 2.15. The summed E-state index contributed by atoms with van der Waals surface area (Å²) in [7, 11) is 0. The zero-order valence-electron chi connectivity index (χ0n) is 7.39. The summed E-state index contributed by atoms with van der Waals surface area (Å²) in [6, 6.07) is 0. The van der Waals surface area contributed by atoms with Crippen molar-refractivity contribution in [2.45, 2.75) is 20.8 Å². The lowest BCUT2D eigenvalue weighted by molar-refractivity contribution is 0.322. The molecule has 0 N–H and O–H groups in total. The molecule has 0 radical (unpaired) electrons. The molecule has 0 atom stereocenters. The second-order valence-electron chi connectivity index (χ2n) is 2.42. The third kappa shape index (κ3) is 1.85. The van der Waals surface area contributed by atoms with Gasteiger partial charge in [-0.2, -0.15) is 4.98 Å². The highest BCUT2D eigenvalue weighted by molar-refractivity contribution is 6.30. The molecule has 3 nitrogen and oxygen atoms in total. The van der Waals surface area contributed by atoms with Crippen LogP contribution in [-0.2, 0) is 0 Å². The van der Waals surface area contributed by atoms with E-state index < -0.39 is 0 Å². The number of hydrogen-bond donors (Lipinski definition) is 0. The average Bonchev–Trinajstić information content (AvgIpc) is 2.00. The van der Waals surface area contributed by atoms with Crippen molar-refractivity contribution in [3.63, 3.8) is 0 Å². The Balaban J connectivity index is 3.09. The van der Waals surface area contributed by atoms with Crippen molar-refractivity contribution in [2.24, 2.45) is 0 Å². The number of aromatic nitrogens is 2. The van der Waals surface area contributed by atoms with Gasteiger partial charge in [-0.15, -0.1) is 0 Å². The van der Waals surface area contributed by atoms with Gasteiger partial charge >= 0.3 is 0 Å². The smallest absolute Gasteiger partial charge is 0.221 e. The maximum absolute atomic E-state index is 5.82. The maximum Gasteiger partial charge on any atom is 0.221 e. The summed E-state index contributed by atoms with van der Waals surface area (Å²) in [6.07, 6.45) is 0. The van der Waals surface area contributed by atoms with E-state index in [4.69, 9.17) is 16.3 Å². The van der Waals surface area contributed by atoms with Gasteiger partial charge in [0.1, 0.15) is 11.0 Å². The van der Waals surface area contributed by atoms with Crippen molar-refractivity contribution in [1.82, 2.24) is 9.97 Å². The van der Waals surface area contributed by atoms with Gasteiger partial charge in [0.15, 0.2) is 0 Å². The van der Waals surface area contributed by atoms with Gasteiger partial charge in [0, 0.05) is 5.56 Å². The van der Waals surface area contributed by atoms with Gasteiger partial charge < -0.3 is 4.74 Å². The largest absolute Gasteiger partial charge is 0.478 e. The molecule has 0 bridgehead atoms. The number of nitrogens with zero attached hydrogens (tertiary/aromatic N) is 2. The van der Waals surface area contributed by atoms with Crippen LogP contribution in [0.2, 0.25) is 5.15 Å². The van der Waals surface area contributed by atoms with Gasteiger partial charge in [-0.25, -0.2) is 4.98 Å². The van der Waals surface area contributed by atoms with Crippen LogP contribution in [0.1, 0.15) is 18.3 Å². The van der Waals surface area contributed by atoms with E-state index in [9.17, 15) is 0 Å². The van der Waals surface area contributed by atoms with Gasteiger partial charge in [-0.05, 0) is 20.8 Å². The first kappa shape index (κ1) is 9.26. The summed E-state index contributed by atoms with van der Waals surface area (Å²) in [5, 5.41) is 0.464. The molecule has 4 heteroatoms. The summed E-state index contributed by atoms with van der Waals surface area (Å²) in [5.74, 6) is 1.21. The SMILES string of the molecule is CCOc1nc(C)nc(Cl)c1C. The fourth-order valence-corrected chi connectivity index (χ4v) is 1.05. The van der Waals surface area contributed by atoms with Crippen LogP contribution < -0.4 is 4.74 Å².